The van der Waals surface area contributed by atoms with Crippen molar-refractivity contribution in [1.82, 2.24) is 10.2 Å². The lowest BCUT2D eigenvalue weighted by Gasteiger charge is -2.22. The lowest BCUT2D eigenvalue weighted by Crippen LogP contribution is -2.32. The largest absolute Gasteiger partial charge is 0.339 e. The Kier molecular flexibility index (Phi) is 7.36. The molecule has 2 N–H and O–H groups in total. The molecule has 2 amide bonds. The summed E-state index contributed by atoms with van der Waals surface area (Å²) in [5.74, 6) is 1.75. The predicted molar refractivity (Wildman–Crippen MR) is 114 cm³/mol. The summed E-state index contributed by atoms with van der Waals surface area (Å²) in [5, 5.41) is 6.51. The minimum Gasteiger partial charge on any atom is -0.339 e. The maximum atomic E-state index is 13.0. The molecule has 28 heavy (non-hydrogen) atoms. The van der Waals surface area contributed by atoms with Gasteiger partial charge in [-0.1, -0.05) is 25.3 Å². The van der Waals surface area contributed by atoms with Gasteiger partial charge in [-0.2, -0.15) is 0 Å². The van der Waals surface area contributed by atoms with Gasteiger partial charge in [-0.15, -0.1) is 12.4 Å². The van der Waals surface area contributed by atoms with Crippen LogP contribution in [0.5, 0.6) is 0 Å². The van der Waals surface area contributed by atoms with Crippen molar-refractivity contribution in [2.24, 2.45) is 17.8 Å². The molecule has 0 unspecified atom stereocenters. The third-order valence-electron chi connectivity index (χ3n) is 6.66. The number of benzene rings is 1. The molecular weight excluding hydrogens is 374 g/mol. The summed E-state index contributed by atoms with van der Waals surface area (Å²) in [5.41, 5.74) is 1.42. The van der Waals surface area contributed by atoms with Gasteiger partial charge < -0.3 is 15.5 Å². The van der Waals surface area contributed by atoms with E-state index in [1.807, 2.05) is 29.2 Å². The lowest BCUT2D eigenvalue weighted by molar-refractivity contribution is -0.120. The van der Waals surface area contributed by atoms with Gasteiger partial charge in [0.1, 0.15) is 0 Å². The summed E-state index contributed by atoms with van der Waals surface area (Å²) in [7, 11) is 0. The summed E-state index contributed by atoms with van der Waals surface area (Å²) >= 11 is 0. The fourth-order valence-corrected chi connectivity index (χ4v) is 4.94. The molecule has 1 aromatic carbocycles. The molecule has 4 rings (SSSR count). The van der Waals surface area contributed by atoms with E-state index in [1.54, 1.807) is 0 Å². The van der Waals surface area contributed by atoms with Crippen LogP contribution < -0.4 is 10.6 Å². The van der Waals surface area contributed by atoms with E-state index in [2.05, 4.69) is 10.6 Å². The third-order valence-corrected chi connectivity index (χ3v) is 6.66. The number of halogens is 1. The first-order valence-corrected chi connectivity index (χ1v) is 10.6. The van der Waals surface area contributed by atoms with Crippen LogP contribution in [0, 0.1) is 17.8 Å². The lowest BCUT2D eigenvalue weighted by atomic mass is 9.88. The topological polar surface area (TPSA) is 61.4 Å². The van der Waals surface area contributed by atoms with Crippen molar-refractivity contribution in [1.29, 1.82) is 0 Å². The highest BCUT2D eigenvalue weighted by molar-refractivity contribution is 5.97. The fourth-order valence-electron chi connectivity index (χ4n) is 4.94. The van der Waals surface area contributed by atoms with E-state index in [4.69, 9.17) is 0 Å². The molecule has 0 aromatic heterocycles. The SMILES string of the molecule is Cl.O=C(Nc1cccc(C(=O)N2CC[C@@H]3CNC[C@@H]3CC2)c1)C1CCCCC1. The van der Waals surface area contributed by atoms with Crippen LogP contribution in [0.25, 0.3) is 0 Å². The average molecular weight is 406 g/mol. The summed E-state index contributed by atoms with van der Waals surface area (Å²) in [4.78, 5) is 27.5. The van der Waals surface area contributed by atoms with Crippen molar-refractivity contribution in [3.8, 4) is 0 Å². The first-order chi connectivity index (χ1) is 13.2. The van der Waals surface area contributed by atoms with Gasteiger partial charge in [0.05, 0.1) is 0 Å². The molecule has 5 nitrogen and oxygen atoms in total. The summed E-state index contributed by atoms with van der Waals surface area (Å²) in [6.07, 6.45) is 7.65. The van der Waals surface area contributed by atoms with Crippen molar-refractivity contribution in [3.63, 3.8) is 0 Å². The zero-order valence-corrected chi connectivity index (χ0v) is 17.3. The standard InChI is InChI=1S/C22H31N3O2.ClH/c26-21(16-5-2-1-3-6-16)24-20-8-4-7-17(13-20)22(27)25-11-9-18-14-23-15-19(18)10-12-25;/h4,7-8,13,16,18-19,23H,1-3,5-6,9-12,14-15H2,(H,24,26);1H/t18-,19+;. The Morgan fingerprint density at radius 3 is 2.32 bits per heavy atom. The molecule has 2 heterocycles. The molecule has 1 aromatic rings. The van der Waals surface area contributed by atoms with E-state index in [0.29, 0.717) is 17.4 Å². The number of nitrogens with one attached hydrogen (secondary N) is 2. The number of likely N-dealkylation sites (tertiary alicyclic amines) is 1. The zero-order chi connectivity index (χ0) is 18.6. The number of hydrogen-bond acceptors (Lipinski definition) is 3. The second-order valence-electron chi connectivity index (χ2n) is 8.45. The van der Waals surface area contributed by atoms with E-state index in [1.165, 1.54) is 6.42 Å². The number of carbonyl (C=O) groups excluding carboxylic acids is 2. The van der Waals surface area contributed by atoms with Gasteiger partial charge in [0, 0.05) is 30.3 Å². The van der Waals surface area contributed by atoms with E-state index in [9.17, 15) is 9.59 Å². The van der Waals surface area contributed by atoms with E-state index in [0.717, 1.165) is 70.4 Å². The van der Waals surface area contributed by atoms with Crippen LogP contribution in [0.3, 0.4) is 0 Å². The molecular formula is C22H32ClN3O2. The van der Waals surface area contributed by atoms with Crippen molar-refractivity contribution in [2.75, 3.05) is 31.5 Å². The first kappa shape index (κ1) is 21.1. The second kappa shape index (κ2) is 9.75. The number of fused-ring (bicyclic) bond motifs is 1. The van der Waals surface area contributed by atoms with Gasteiger partial charge in [-0.3, -0.25) is 9.59 Å². The summed E-state index contributed by atoms with van der Waals surface area (Å²) in [6.45, 7) is 3.85. The number of amides is 2. The minimum atomic E-state index is 0. The van der Waals surface area contributed by atoms with Crippen LogP contribution >= 0.6 is 12.4 Å². The Labute approximate surface area is 174 Å². The van der Waals surface area contributed by atoms with E-state index in [-0.39, 0.29) is 30.1 Å². The van der Waals surface area contributed by atoms with Gasteiger partial charge in [0.25, 0.3) is 5.91 Å². The normalized spacial score (nSPS) is 25.4. The molecule has 6 heteroatoms. The molecule has 1 aliphatic carbocycles. The van der Waals surface area contributed by atoms with Crippen molar-refractivity contribution < 1.29 is 9.59 Å². The summed E-state index contributed by atoms with van der Waals surface area (Å²) < 4.78 is 0. The van der Waals surface area contributed by atoms with E-state index >= 15 is 0 Å². The zero-order valence-electron chi connectivity index (χ0n) is 16.5. The van der Waals surface area contributed by atoms with Crippen LogP contribution in [0.2, 0.25) is 0 Å². The van der Waals surface area contributed by atoms with Crippen LogP contribution in [0.1, 0.15) is 55.3 Å². The number of hydrogen-bond donors (Lipinski definition) is 2. The molecule has 3 fully saturated rings. The molecule has 0 spiro atoms. The molecule has 0 bridgehead atoms. The van der Waals surface area contributed by atoms with Gasteiger partial charge in [-0.25, -0.2) is 0 Å². The van der Waals surface area contributed by atoms with E-state index < -0.39 is 0 Å². The third kappa shape index (κ3) is 4.87. The molecule has 154 valence electrons. The van der Waals surface area contributed by atoms with Crippen molar-refractivity contribution >= 4 is 29.9 Å². The highest BCUT2D eigenvalue weighted by Crippen LogP contribution is 2.28. The van der Waals surface area contributed by atoms with Gasteiger partial charge in [-0.05, 0) is 68.8 Å². The highest BCUT2D eigenvalue weighted by Gasteiger charge is 2.31. The van der Waals surface area contributed by atoms with Gasteiger partial charge >= 0.3 is 0 Å². The minimum absolute atomic E-state index is 0. The predicted octanol–water partition coefficient (Wildman–Crippen LogP) is 3.70. The monoisotopic (exact) mass is 405 g/mol. The van der Waals surface area contributed by atoms with Crippen molar-refractivity contribution in [2.45, 2.75) is 44.9 Å². The number of rotatable bonds is 3. The summed E-state index contributed by atoms with van der Waals surface area (Å²) in [6, 6.07) is 7.47. The molecule has 0 radical (unpaired) electrons. The highest BCUT2D eigenvalue weighted by atomic mass is 35.5. The van der Waals surface area contributed by atoms with Crippen LogP contribution in [-0.4, -0.2) is 42.9 Å². The Hall–Kier alpha value is -1.59. The first-order valence-electron chi connectivity index (χ1n) is 10.6. The van der Waals surface area contributed by atoms with Crippen LogP contribution in [0.4, 0.5) is 5.69 Å². The number of nitrogens with zero attached hydrogens (tertiary/aromatic N) is 1. The quantitative estimate of drug-likeness (QED) is 0.806. The average Bonchev–Trinajstić information content (AvgIpc) is 3.06. The fraction of sp³-hybridized carbons (Fsp3) is 0.636. The Morgan fingerprint density at radius 1 is 0.964 bits per heavy atom. The number of carbonyl (C=O) groups is 2. The molecule has 2 aliphatic heterocycles. The molecule has 2 atom stereocenters. The second-order valence-corrected chi connectivity index (χ2v) is 8.45. The maximum Gasteiger partial charge on any atom is 0.253 e. The molecule has 3 aliphatic rings. The molecule has 2 saturated heterocycles. The Morgan fingerprint density at radius 2 is 1.64 bits per heavy atom. The van der Waals surface area contributed by atoms with Gasteiger partial charge in [0.2, 0.25) is 5.91 Å². The number of anilines is 1. The Balaban J connectivity index is 0.00000225. The Bertz CT molecular complexity index is 676. The van der Waals surface area contributed by atoms with Gasteiger partial charge in [0.15, 0.2) is 0 Å². The van der Waals surface area contributed by atoms with Crippen molar-refractivity contribution in [3.05, 3.63) is 29.8 Å². The van der Waals surface area contributed by atoms with Crippen LogP contribution in [0.15, 0.2) is 24.3 Å². The maximum absolute atomic E-state index is 13.0. The molecule has 1 saturated carbocycles. The van der Waals surface area contributed by atoms with Crippen LogP contribution in [-0.2, 0) is 4.79 Å². The smallest absolute Gasteiger partial charge is 0.253 e.